The van der Waals surface area contributed by atoms with Crippen molar-refractivity contribution in [2.45, 2.75) is 13.0 Å². The highest BCUT2D eigenvalue weighted by Crippen LogP contribution is 2.17. The van der Waals surface area contributed by atoms with Crippen LogP contribution in [0.4, 0.5) is 0 Å². The van der Waals surface area contributed by atoms with E-state index in [1.807, 2.05) is 13.0 Å². The molecule has 0 aliphatic heterocycles. The van der Waals surface area contributed by atoms with Crippen molar-refractivity contribution in [1.29, 1.82) is 0 Å². The Labute approximate surface area is 125 Å². The maximum atomic E-state index is 12.2. The van der Waals surface area contributed by atoms with Crippen LogP contribution in [0.15, 0.2) is 29.1 Å². The van der Waals surface area contributed by atoms with E-state index in [1.165, 1.54) is 0 Å². The van der Waals surface area contributed by atoms with E-state index in [1.54, 1.807) is 30.2 Å². The third-order valence-electron chi connectivity index (χ3n) is 2.90. The molecule has 6 nitrogen and oxygen atoms in total. The summed E-state index contributed by atoms with van der Waals surface area (Å²) >= 11 is 3.30. The van der Waals surface area contributed by atoms with E-state index in [2.05, 4.69) is 31.2 Å². The Bertz CT molecular complexity index is 627. The molecule has 20 heavy (non-hydrogen) atoms. The molecule has 0 aromatic carbocycles. The SMILES string of the molecule is Cc1ccc(Br)c(C(=O)NC(CO)c2cncn2C)n1. The summed E-state index contributed by atoms with van der Waals surface area (Å²) in [5.41, 5.74) is 1.77. The molecule has 2 N–H and O–H groups in total. The molecule has 0 aliphatic carbocycles. The Hall–Kier alpha value is -1.73. The summed E-state index contributed by atoms with van der Waals surface area (Å²) in [7, 11) is 1.80. The van der Waals surface area contributed by atoms with Gasteiger partial charge >= 0.3 is 0 Å². The second-order valence-corrected chi connectivity index (χ2v) is 5.28. The number of nitrogens with zero attached hydrogens (tertiary/aromatic N) is 3. The van der Waals surface area contributed by atoms with Crippen molar-refractivity contribution < 1.29 is 9.90 Å². The highest BCUT2D eigenvalue weighted by Gasteiger charge is 2.20. The van der Waals surface area contributed by atoms with E-state index in [9.17, 15) is 9.90 Å². The highest BCUT2D eigenvalue weighted by molar-refractivity contribution is 9.10. The second kappa shape index (κ2) is 6.15. The number of aliphatic hydroxyl groups is 1. The fourth-order valence-corrected chi connectivity index (χ4v) is 2.24. The van der Waals surface area contributed by atoms with Crippen LogP contribution in [0.1, 0.15) is 27.9 Å². The third kappa shape index (κ3) is 3.05. The standard InChI is InChI=1S/C13H15BrN4O2/c1-8-3-4-9(14)12(16-8)13(20)17-10(6-19)11-5-15-7-18(11)2/h3-5,7,10,19H,6H2,1-2H3,(H,17,20). The first-order valence-corrected chi connectivity index (χ1v) is 6.83. The summed E-state index contributed by atoms with van der Waals surface area (Å²) in [4.78, 5) is 20.4. The molecule has 2 rings (SSSR count). The lowest BCUT2D eigenvalue weighted by molar-refractivity contribution is 0.0907. The molecule has 106 valence electrons. The van der Waals surface area contributed by atoms with Gasteiger partial charge in [0.15, 0.2) is 0 Å². The zero-order valence-corrected chi connectivity index (χ0v) is 12.8. The highest BCUT2D eigenvalue weighted by atomic mass is 79.9. The van der Waals surface area contributed by atoms with Crippen LogP contribution in [0, 0.1) is 6.92 Å². The van der Waals surface area contributed by atoms with E-state index in [-0.39, 0.29) is 12.5 Å². The van der Waals surface area contributed by atoms with Crippen molar-refractivity contribution in [3.05, 3.63) is 46.2 Å². The first-order valence-electron chi connectivity index (χ1n) is 6.04. The van der Waals surface area contributed by atoms with Gasteiger partial charge in [-0.15, -0.1) is 0 Å². The molecule has 0 fully saturated rings. The minimum Gasteiger partial charge on any atom is -0.394 e. The number of aryl methyl sites for hydroxylation is 2. The van der Waals surface area contributed by atoms with Crippen LogP contribution >= 0.6 is 15.9 Å². The molecule has 2 aromatic rings. The molecule has 0 bridgehead atoms. The second-order valence-electron chi connectivity index (χ2n) is 4.42. The van der Waals surface area contributed by atoms with Gasteiger partial charge in [0.05, 0.1) is 30.9 Å². The quantitative estimate of drug-likeness (QED) is 0.881. The number of rotatable bonds is 4. The number of hydrogen-bond donors (Lipinski definition) is 2. The van der Waals surface area contributed by atoms with Crippen LogP contribution in [-0.4, -0.2) is 32.2 Å². The predicted molar refractivity (Wildman–Crippen MR) is 77.2 cm³/mol. The van der Waals surface area contributed by atoms with Gasteiger partial charge in [0.2, 0.25) is 0 Å². The van der Waals surface area contributed by atoms with E-state index in [0.717, 1.165) is 11.4 Å². The third-order valence-corrected chi connectivity index (χ3v) is 3.54. The van der Waals surface area contributed by atoms with E-state index >= 15 is 0 Å². The zero-order valence-electron chi connectivity index (χ0n) is 11.2. The molecule has 0 spiro atoms. The average molecular weight is 339 g/mol. The maximum Gasteiger partial charge on any atom is 0.271 e. The first-order chi connectivity index (χ1) is 9.52. The van der Waals surface area contributed by atoms with Crippen molar-refractivity contribution in [3.63, 3.8) is 0 Å². The van der Waals surface area contributed by atoms with E-state index in [0.29, 0.717) is 10.2 Å². The predicted octanol–water partition coefficient (Wildman–Crippen LogP) is 1.35. The molecule has 0 radical (unpaired) electrons. The largest absolute Gasteiger partial charge is 0.394 e. The number of halogens is 1. The van der Waals surface area contributed by atoms with Gasteiger partial charge in [-0.25, -0.2) is 9.97 Å². The molecule has 1 amide bonds. The molecule has 2 heterocycles. The smallest absolute Gasteiger partial charge is 0.271 e. The van der Waals surface area contributed by atoms with Crippen molar-refractivity contribution in [3.8, 4) is 0 Å². The normalized spacial score (nSPS) is 12.2. The summed E-state index contributed by atoms with van der Waals surface area (Å²) in [6, 6.07) is 3.06. The molecular weight excluding hydrogens is 324 g/mol. The molecular formula is C13H15BrN4O2. The van der Waals surface area contributed by atoms with Crippen LogP contribution in [0.2, 0.25) is 0 Å². The Kier molecular flexibility index (Phi) is 4.51. The molecule has 7 heteroatoms. The Morgan fingerprint density at radius 2 is 2.30 bits per heavy atom. The Morgan fingerprint density at radius 1 is 1.55 bits per heavy atom. The summed E-state index contributed by atoms with van der Waals surface area (Å²) < 4.78 is 2.36. The van der Waals surface area contributed by atoms with Gasteiger partial charge in [-0.2, -0.15) is 0 Å². The summed E-state index contributed by atoms with van der Waals surface area (Å²) in [6.07, 6.45) is 3.23. The number of aromatic nitrogens is 3. The van der Waals surface area contributed by atoms with Gasteiger partial charge in [0.25, 0.3) is 5.91 Å². The van der Waals surface area contributed by atoms with Gasteiger partial charge in [-0.3, -0.25) is 4.79 Å². The number of pyridine rings is 1. The maximum absolute atomic E-state index is 12.2. The number of aliphatic hydroxyl groups excluding tert-OH is 1. The molecule has 0 aliphatic rings. The molecule has 1 unspecified atom stereocenters. The van der Waals surface area contributed by atoms with Crippen LogP contribution in [0.3, 0.4) is 0 Å². The minimum absolute atomic E-state index is 0.214. The summed E-state index contributed by atoms with van der Waals surface area (Å²) in [5.74, 6) is -0.346. The monoisotopic (exact) mass is 338 g/mol. The average Bonchev–Trinajstić information content (AvgIpc) is 2.84. The fourth-order valence-electron chi connectivity index (χ4n) is 1.84. The van der Waals surface area contributed by atoms with Gasteiger partial charge in [0, 0.05) is 17.2 Å². The fraction of sp³-hybridized carbons (Fsp3) is 0.308. The van der Waals surface area contributed by atoms with Gasteiger partial charge in [0.1, 0.15) is 5.69 Å². The number of imidazole rings is 1. The Balaban J connectivity index is 2.22. The van der Waals surface area contributed by atoms with Gasteiger partial charge in [-0.05, 0) is 35.0 Å². The van der Waals surface area contributed by atoms with Gasteiger partial charge < -0.3 is 15.0 Å². The first kappa shape index (κ1) is 14.7. The van der Waals surface area contributed by atoms with Gasteiger partial charge in [-0.1, -0.05) is 0 Å². The van der Waals surface area contributed by atoms with E-state index < -0.39 is 6.04 Å². The number of nitrogens with one attached hydrogen (secondary N) is 1. The molecule has 0 saturated carbocycles. The summed E-state index contributed by atoms with van der Waals surface area (Å²) in [6.45, 7) is 1.60. The van der Waals surface area contributed by atoms with Crippen LogP contribution in [0.5, 0.6) is 0 Å². The van der Waals surface area contributed by atoms with Crippen molar-refractivity contribution in [2.24, 2.45) is 7.05 Å². The number of amides is 1. The number of carbonyl (C=O) groups excluding carboxylic acids is 1. The number of hydrogen-bond acceptors (Lipinski definition) is 4. The van der Waals surface area contributed by atoms with Crippen molar-refractivity contribution in [1.82, 2.24) is 19.9 Å². The topological polar surface area (TPSA) is 80.0 Å². The lowest BCUT2D eigenvalue weighted by Crippen LogP contribution is -2.32. The lowest BCUT2D eigenvalue weighted by Gasteiger charge is -2.17. The number of carbonyl (C=O) groups is 1. The van der Waals surface area contributed by atoms with E-state index in [4.69, 9.17) is 0 Å². The Morgan fingerprint density at radius 3 is 2.90 bits per heavy atom. The minimum atomic E-state index is -0.524. The summed E-state index contributed by atoms with van der Waals surface area (Å²) in [5, 5.41) is 12.2. The zero-order chi connectivity index (χ0) is 14.7. The lowest BCUT2D eigenvalue weighted by atomic mass is 10.2. The van der Waals surface area contributed by atoms with Crippen molar-refractivity contribution >= 4 is 21.8 Å². The van der Waals surface area contributed by atoms with Crippen LogP contribution in [-0.2, 0) is 7.05 Å². The molecule has 1 atom stereocenters. The molecule has 0 saturated heterocycles. The van der Waals surface area contributed by atoms with Crippen molar-refractivity contribution in [2.75, 3.05) is 6.61 Å². The van der Waals surface area contributed by atoms with Crippen LogP contribution < -0.4 is 5.32 Å². The molecule has 2 aromatic heterocycles. The van der Waals surface area contributed by atoms with Crippen LogP contribution in [0.25, 0.3) is 0 Å².